The molecule has 2 fully saturated rings. The number of hydrogen-bond donors (Lipinski definition) is 0. The summed E-state index contributed by atoms with van der Waals surface area (Å²) < 4.78 is 0. The average Bonchev–Trinajstić information content (AvgIpc) is 3.45. The van der Waals surface area contributed by atoms with Crippen molar-refractivity contribution in [3.8, 4) is 0 Å². The number of unbranched alkanes of at least 4 members (excludes halogenated alkanes) is 4. The quantitative estimate of drug-likeness (QED) is 0.184. The van der Waals surface area contributed by atoms with E-state index in [-0.39, 0.29) is 11.8 Å². The van der Waals surface area contributed by atoms with Crippen LogP contribution in [0, 0.1) is 0 Å². The van der Waals surface area contributed by atoms with Crippen LogP contribution in [0.4, 0.5) is 0 Å². The van der Waals surface area contributed by atoms with Crippen LogP contribution >= 0.6 is 11.3 Å². The average molecular weight is 539 g/mol. The molecule has 0 aliphatic carbocycles. The summed E-state index contributed by atoms with van der Waals surface area (Å²) in [6.07, 6.45) is 30.1. The van der Waals surface area contributed by atoms with Gasteiger partial charge in [0.25, 0.3) is 5.91 Å². The van der Waals surface area contributed by atoms with Crippen LogP contribution in [0.1, 0.15) is 80.9 Å². The minimum atomic E-state index is 0.0410. The second-order valence-corrected chi connectivity index (χ2v) is 11.0. The van der Waals surface area contributed by atoms with Crippen molar-refractivity contribution >= 4 is 23.2 Å². The van der Waals surface area contributed by atoms with Gasteiger partial charge in [-0.3, -0.25) is 14.5 Å². The molecule has 6 nitrogen and oxygen atoms in total. The highest BCUT2D eigenvalue weighted by Crippen LogP contribution is 2.20. The summed E-state index contributed by atoms with van der Waals surface area (Å²) in [4.78, 5) is 35.4. The Bertz CT molecular complexity index is 924. The molecule has 2 saturated heterocycles. The van der Waals surface area contributed by atoms with Crippen LogP contribution in [0.25, 0.3) is 0 Å². The third-order valence-electron chi connectivity index (χ3n) is 7.17. The summed E-state index contributed by atoms with van der Waals surface area (Å²) in [5.74, 6) is 0.314. The maximum atomic E-state index is 12.5. The number of aromatic nitrogens is 1. The highest BCUT2D eigenvalue weighted by molar-refractivity contribution is 7.11. The second-order valence-electron chi connectivity index (χ2n) is 10.1. The first-order valence-corrected chi connectivity index (χ1v) is 15.4. The van der Waals surface area contributed by atoms with Gasteiger partial charge in [-0.2, -0.15) is 0 Å². The molecule has 1 aromatic rings. The Labute approximate surface area is 233 Å². The van der Waals surface area contributed by atoms with Gasteiger partial charge in [0.05, 0.1) is 0 Å². The zero-order valence-electron chi connectivity index (χ0n) is 23.2. The van der Waals surface area contributed by atoms with E-state index in [9.17, 15) is 9.59 Å². The van der Waals surface area contributed by atoms with Crippen LogP contribution < -0.4 is 0 Å². The van der Waals surface area contributed by atoms with Crippen molar-refractivity contribution in [1.29, 1.82) is 0 Å². The van der Waals surface area contributed by atoms with Crippen molar-refractivity contribution in [2.75, 3.05) is 39.3 Å². The maximum Gasteiger partial charge on any atom is 0.282 e. The molecule has 2 aliphatic heterocycles. The van der Waals surface area contributed by atoms with Gasteiger partial charge in [-0.15, -0.1) is 11.3 Å². The van der Waals surface area contributed by atoms with Crippen molar-refractivity contribution in [3.63, 3.8) is 0 Å². The Morgan fingerprint density at radius 2 is 1.45 bits per heavy atom. The minimum absolute atomic E-state index is 0.0410. The molecule has 2 amide bonds. The van der Waals surface area contributed by atoms with Crippen molar-refractivity contribution in [2.45, 2.75) is 77.2 Å². The van der Waals surface area contributed by atoms with E-state index in [2.05, 4.69) is 65.4 Å². The number of piperazine rings is 1. The molecule has 7 heteroatoms. The molecule has 3 rings (SSSR count). The number of amides is 2. The Morgan fingerprint density at radius 1 is 0.842 bits per heavy atom. The number of allylic oxidation sites excluding steroid dienone is 8. The standard InChI is InChI=1S/C31H46N4O2S/c1-2-3-4-5-6-7-8-9-10-11-12-13-14-15-16-17-18-19-29(36)35-26-28(27-35)33-21-23-34(24-22-33)31(37)30-32-20-25-38-30/h6-7,9-10,12-13,15-16,20,25,28H,2-5,8,11,14,17-19,21-24,26-27H2,1H3/b7-6+,10-9+,13-12+,16-15+. The number of carbonyl (C=O) groups is 2. The van der Waals surface area contributed by atoms with Crippen LogP contribution in [-0.2, 0) is 4.79 Å². The molecular weight excluding hydrogens is 492 g/mol. The lowest BCUT2D eigenvalue weighted by Crippen LogP contribution is -2.64. The molecular formula is C31H46N4O2S. The van der Waals surface area contributed by atoms with Crippen molar-refractivity contribution in [2.24, 2.45) is 0 Å². The smallest absolute Gasteiger partial charge is 0.282 e. The maximum absolute atomic E-state index is 12.5. The second kappa shape index (κ2) is 17.9. The predicted molar refractivity (Wildman–Crippen MR) is 158 cm³/mol. The molecule has 2 aliphatic rings. The van der Waals surface area contributed by atoms with E-state index in [0.717, 1.165) is 71.4 Å². The molecule has 0 radical (unpaired) electrons. The fourth-order valence-corrected chi connectivity index (χ4v) is 5.34. The Morgan fingerprint density at radius 3 is 2.03 bits per heavy atom. The largest absolute Gasteiger partial charge is 0.339 e. The van der Waals surface area contributed by atoms with Gasteiger partial charge in [0.1, 0.15) is 0 Å². The summed E-state index contributed by atoms with van der Waals surface area (Å²) in [6.45, 7) is 7.10. The van der Waals surface area contributed by atoms with Gasteiger partial charge in [-0.1, -0.05) is 68.4 Å². The van der Waals surface area contributed by atoms with E-state index in [1.165, 1.54) is 37.0 Å². The summed E-state index contributed by atoms with van der Waals surface area (Å²) in [5.41, 5.74) is 0. The van der Waals surface area contributed by atoms with Gasteiger partial charge in [0.2, 0.25) is 5.91 Å². The number of hydrogen-bond acceptors (Lipinski definition) is 5. The highest BCUT2D eigenvalue weighted by Gasteiger charge is 2.36. The fourth-order valence-electron chi connectivity index (χ4n) is 4.73. The molecule has 208 valence electrons. The van der Waals surface area contributed by atoms with Gasteiger partial charge in [0, 0.05) is 63.3 Å². The first-order chi connectivity index (χ1) is 18.7. The lowest BCUT2D eigenvalue weighted by atomic mass is 10.0. The Hall–Kier alpha value is -2.51. The first-order valence-electron chi connectivity index (χ1n) is 14.5. The van der Waals surface area contributed by atoms with Gasteiger partial charge in [-0.25, -0.2) is 4.98 Å². The third kappa shape index (κ3) is 10.7. The zero-order chi connectivity index (χ0) is 26.8. The van der Waals surface area contributed by atoms with Crippen LogP contribution in [-0.4, -0.2) is 76.8 Å². The molecule has 1 aromatic heterocycles. The van der Waals surface area contributed by atoms with Crippen LogP contribution in [0.2, 0.25) is 0 Å². The topological polar surface area (TPSA) is 56.8 Å². The summed E-state index contributed by atoms with van der Waals surface area (Å²) >= 11 is 1.40. The molecule has 0 N–H and O–H groups in total. The van der Waals surface area contributed by atoms with Gasteiger partial charge in [0.15, 0.2) is 5.01 Å². The third-order valence-corrected chi connectivity index (χ3v) is 7.93. The molecule has 0 saturated carbocycles. The van der Waals surface area contributed by atoms with Gasteiger partial charge < -0.3 is 9.80 Å². The Balaban J connectivity index is 1.15. The molecule has 0 atom stereocenters. The van der Waals surface area contributed by atoms with E-state index >= 15 is 0 Å². The Kier molecular flexibility index (Phi) is 14.1. The molecule has 0 bridgehead atoms. The highest BCUT2D eigenvalue weighted by atomic mass is 32.1. The SMILES string of the molecule is CCCCC/C=C/C/C=C/C/C=C/C/C=C/CCCC(=O)N1CC(N2CCN(C(=O)c3nccs3)CC2)C1. The van der Waals surface area contributed by atoms with Gasteiger partial charge in [-0.05, 0) is 44.9 Å². The lowest BCUT2D eigenvalue weighted by molar-refractivity contribution is -0.139. The molecule has 0 spiro atoms. The molecule has 0 aromatic carbocycles. The van der Waals surface area contributed by atoms with E-state index < -0.39 is 0 Å². The molecule has 3 heterocycles. The van der Waals surface area contributed by atoms with E-state index in [1.807, 2.05) is 15.2 Å². The number of rotatable bonds is 16. The van der Waals surface area contributed by atoms with E-state index in [1.54, 1.807) is 6.20 Å². The van der Waals surface area contributed by atoms with Crippen LogP contribution in [0.15, 0.2) is 60.2 Å². The minimum Gasteiger partial charge on any atom is -0.339 e. The van der Waals surface area contributed by atoms with Crippen LogP contribution in [0.5, 0.6) is 0 Å². The lowest BCUT2D eigenvalue weighted by Gasteiger charge is -2.48. The molecule has 38 heavy (non-hydrogen) atoms. The van der Waals surface area contributed by atoms with Crippen LogP contribution in [0.3, 0.4) is 0 Å². The summed E-state index contributed by atoms with van der Waals surface area (Å²) in [7, 11) is 0. The summed E-state index contributed by atoms with van der Waals surface area (Å²) in [5, 5.41) is 2.42. The number of nitrogens with zero attached hydrogens (tertiary/aromatic N) is 4. The van der Waals surface area contributed by atoms with E-state index in [4.69, 9.17) is 0 Å². The van der Waals surface area contributed by atoms with Gasteiger partial charge >= 0.3 is 0 Å². The van der Waals surface area contributed by atoms with Crippen molar-refractivity contribution < 1.29 is 9.59 Å². The number of likely N-dealkylation sites (tertiary alicyclic amines) is 1. The zero-order valence-corrected chi connectivity index (χ0v) is 24.0. The number of thiazole rings is 1. The van der Waals surface area contributed by atoms with Crippen molar-refractivity contribution in [1.82, 2.24) is 19.7 Å². The molecule has 0 unspecified atom stereocenters. The first kappa shape index (κ1) is 30.0. The monoisotopic (exact) mass is 538 g/mol. The fraction of sp³-hybridized carbons (Fsp3) is 0.581. The number of carbonyl (C=O) groups excluding carboxylic acids is 2. The van der Waals surface area contributed by atoms with Crippen molar-refractivity contribution in [3.05, 3.63) is 65.2 Å². The summed E-state index contributed by atoms with van der Waals surface area (Å²) in [6, 6.07) is 0.435. The normalized spacial score (nSPS) is 17.5. The predicted octanol–water partition coefficient (Wildman–Crippen LogP) is 6.26. The van der Waals surface area contributed by atoms with E-state index in [0.29, 0.717) is 17.5 Å².